The van der Waals surface area contributed by atoms with Gasteiger partial charge in [0, 0.05) is 25.9 Å². The van der Waals surface area contributed by atoms with E-state index in [0.29, 0.717) is 0 Å². The highest BCUT2D eigenvalue weighted by Crippen LogP contribution is 2.19. The summed E-state index contributed by atoms with van der Waals surface area (Å²) >= 11 is 0. The summed E-state index contributed by atoms with van der Waals surface area (Å²) in [4.78, 5) is 0. The fourth-order valence-electron chi connectivity index (χ4n) is 1.42. The van der Waals surface area contributed by atoms with Gasteiger partial charge in [-0.15, -0.1) is 0 Å². The van der Waals surface area contributed by atoms with Gasteiger partial charge in [-0.2, -0.15) is 0 Å². The number of hydrogen-bond donors (Lipinski definition) is 0. The Morgan fingerprint density at radius 3 is 1.25 bits per heavy atom. The van der Waals surface area contributed by atoms with Crippen molar-refractivity contribution in [1.82, 2.24) is 0 Å². The van der Waals surface area contributed by atoms with Gasteiger partial charge < -0.3 is 13.3 Å². The largest absolute Gasteiger partial charge is 0.500 e. The van der Waals surface area contributed by atoms with Crippen LogP contribution in [0.1, 0.15) is 53.4 Å². The predicted octanol–water partition coefficient (Wildman–Crippen LogP) is 3.62. The van der Waals surface area contributed by atoms with E-state index in [0.717, 1.165) is 51.5 Å². The smallest absolute Gasteiger partial charge is 0.373 e. The third-order valence-corrected chi connectivity index (χ3v) is 5.18. The van der Waals surface area contributed by atoms with E-state index in [-0.39, 0.29) is 0 Å². The first kappa shape index (κ1) is 16.1. The zero-order valence-electron chi connectivity index (χ0n) is 11.4. The van der Waals surface area contributed by atoms with E-state index in [9.17, 15) is 0 Å². The van der Waals surface area contributed by atoms with Crippen molar-refractivity contribution in [2.24, 2.45) is 0 Å². The molecular formula is C12H28O3Si. The fourth-order valence-corrected chi connectivity index (χ4v) is 4.26. The maximum absolute atomic E-state index is 5.92. The summed E-state index contributed by atoms with van der Waals surface area (Å²) in [7, 11) is -2.36. The van der Waals surface area contributed by atoms with Crippen molar-refractivity contribution in [3.63, 3.8) is 0 Å². The van der Waals surface area contributed by atoms with Crippen LogP contribution < -0.4 is 0 Å². The Kier molecular flexibility index (Phi) is 10.3. The zero-order valence-corrected chi connectivity index (χ0v) is 12.4. The first-order valence-corrected chi connectivity index (χ1v) is 8.59. The summed E-state index contributed by atoms with van der Waals surface area (Å²) < 4.78 is 17.8. The average Bonchev–Trinajstić information content (AvgIpc) is 2.31. The molecule has 0 bridgehead atoms. The van der Waals surface area contributed by atoms with Gasteiger partial charge in [0.2, 0.25) is 0 Å². The molecule has 0 heterocycles. The number of rotatable bonds is 11. The van der Waals surface area contributed by atoms with E-state index < -0.39 is 8.80 Å². The lowest BCUT2D eigenvalue weighted by molar-refractivity contribution is 0.0591. The van der Waals surface area contributed by atoms with Crippen molar-refractivity contribution >= 4 is 8.80 Å². The summed E-state index contributed by atoms with van der Waals surface area (Å²) in [5.74, 6) is 0. The van der Waals surface area contributed by atoms with Gasteiger partial charge in [-0.25, -0.2) is 0 Å². The van der Waals surface area contributed by atoms with E-state index in [1.165, 1.54) is 0 Å². The van der Waals surface area contributed by atoms with Crippen LogP contribution in [0.5, 0.6) is 0 Å². The molecule has 0 saturated carbocycles. The Morgan fingerprint density at radius 1 is 0.625 bits per heavy atom. The van der Waals surface area contributed by atoms with Crippen LogP contribution in [-0.2, 0) is 13.3 Å². The van der Waals surface area contributed by atoms with Gasteiger partial charge in [0.25, 0.3) is 0 Å². The summed E-state index contributed by atoms with van der Waals surface area (Å²) in [6.07, 6.45) is 4.11. The normalized spacial score (nSPS) is 12.0. The Labute approximate surface area is 102 Å². The maximum atomic E-state index is 5.92. The Balaban J connectivity index is 4.32. The van der Waals surface area contributed by atoms with Crippen molar-refractivity contribution in [3.8, 4) is 0 Å². The van der Waals surface area contributed by atoms with Gasteiger partial charge in [-0.3, -0.25) is 0 Å². The predicted molar refractivity (Wildman–Crippen MR) is 69.6 cm³/mol. The van der Waals surface area contributed by atoms with E-state index in [1.807, 2.05) is 0 Å². The fraction of sp³-hybridized carbons (Fsp3) is 1.00. The molecule has 0 fully saturated rings. The lowest BCUT2D eigenvalue weighted by Crippen LogP contribution is -2.46. The third-order valence-electron chi connectivity index (χ3n) is 2.13. The van der Waals surface area contributed by atoms with Gasteiger partial charge in [0.15, 0.2) is 0 Å². The molecule has 0 aromatic heterocycles. The lowest BCUT2D eigenvalue weighted by atomic mass is 10.5. The molecule has 3 nitrogen and oxygen atoms in total. The van der Waals surface area contributed by atoms with E-state index in [2.05, 4.69) is 27.7 Å². The van der Waals surface area contributed by atoms with E-state index in [4.69, 9.17) is 13.3 Å². The second kappa shape index (κ2) is 10.3. The standard InChI is InChI=1S/C12H28O3Si/c1-5-9-13-16(12-8-4,14-10-6-2)15-11-7-3/h5-12H2,1-4H3. The van der Waals surface area contributed by atoms with Crippen LogP contribution in [0.3, 0.4) is 0 Å². The van der Waals surface area contributed by atoms with E-state index in [1.54, 1.807) is 0 Å². The third kappa shape index (κ3) is 6.63. The molecule has 0 unspecified atom stereocenters. The zero-order chi connectivity index (χ0) is 12.3. The first-order valence-electron chi connectivity index (χ1n) is 6.66. The lowest BCUT2D eigenvalue weighted by Gasteiger charge is -2.29. The molecule has 0 aliphatic heterocycles. The molecular weight excluding hydrogens is 220 g/mol. The molecule has 4 heteroatoms. The molecule has 16 heavy (non-hydrogen) atoms. The van der Waals surface area contributed by atoms with Crippen LogP contribution in [0, 0.1) is 0 Å². The van der Waals surface area contributed by atoms with Crippen molar-refractivity contribution in [2.45, 2.75) is 59.4 Å². The van der Waals surface area contributed by atoms with Gasteiger partial charge in [0.1, 0.15) is 0 Å². The molecule has 0 aliphatic rings. The molecule has 0 aliphatic carbocycles. The molecule has 0 N–H and O–H groups in total. The highest BCUT2D eigenvalue weighted by Gasteiger charge is 2.39. The summed E-state index contributed by atoms with van der Waals surface area (Å²) in [5, 5.41) is 0. The quantitative estimate of drug-likeness (QED) is 0.523. The van der Waals surface area contributed by atoms with Crippen LogP contribution in [0.15, 0.2) is 0 Å². The highest BCUT2D eigenvalue weighted by atomic mass is 28.4. The minimum absolute atomic E-state index is 0.750. The monoisotopic (exact) mass is 248 g/mol. The van der Waals surface area contributed by atoms with Crippen molar-refractivity contribution in [3.05, 3.63) is 0 Å². The minimum atomic E-state index is -2.36. The van der Waals surface area contributed by atoms with Gasteiger partial charge in [-0.05, 0) is 19.3 Å². The summed E-state index contributed by atoms with van der Waals surface area (Å²) in [6, 6.07) is 0.938. The van der Waals surface area contributed by atoms with Crippen molar-refractivity contribution < 1.29 is 13.3 Å². The van der Waals surface area contributed by atoms with Crippen LogP contribution in [0.4, 0.5) is 0 Å². The van der Waals surface area contributed by atoms with Crippen molar-refractivity contribution in [2.75, 3.05) is 19.8 Å². The Hall–Kier alpha value is 0.0969. The van der Waals surface area contributed by atoms with Crippen LogP contribution in [-0.4, -0.2) is 28.6 Å². The van der Waals surface area contributed by atoms with Gasteiger partial charge in [-0.1, -0.05) is 34.1 Å². The second-order valence-electron chi connectivity index (χ2n) is 3.98. The Morgan fingerprint density at radius 2 is 1.00 bits per heavy atom. The van der Waals surface area contributed by atoms with Crippen LogP contribution in [0.25, 0.3) is 0 Å². The minimum Gasteiger partial charge on any atom is -0.373 e. The topological polar surface area (TPSA) is 27.7 Å². The molecule has 98 valence electrons. The molecule has 0 saturated heterocycles. The first-order chi connectivity index (χ1) is 7.74. The van der Waals surface area contributed by atoms with Crippen LogP contribution in [0.2, 0.25) is 6.04 Å². The van der Waals surface area contributed by atoms with Gasteiger partial charge >= 0.3 is 8.80 Å². The molecule has 0 amide bonds. The molecule has 0 aromatic rings. The molecule has 0 rings (SSSR count). The van der Waals surface area contributed by atoms with Gasteiger partial charge in [0.05, 0.1) is 0 Å². The SMILES string of the molecule is CCCO[Si](CCC)(OCCC)OCCC. The maximum Gasteiger partial charge on any atom is 0.500 e. The molecule has 0 aromatic carbocycles. The second-order valence-corrected chi connectivity index (χ2v) is 6.71. The molecule has 0 atom stereocenters. The Bertz CT molecular complexity index is 131. The highest BCUT2D eigenvalue weighted by molar-refractivity contribution is 6.60. The van der Waals surface area contributed by atoms with Crippen LogP contribution >= 0.6 is 0 Å². The average molecular weight is 248 g/mol. The molecule has 0 spiro atoms. The molecule has 0 radical (unpaired) electrons. The summed E-state index contributed by atoms with van der Waals surface area (Å²) in [6.45, 7) is 10.8. The van der Waals surface area contributed by atoms with E-state index >= 15 is 0 Å². The van der Waals surface area contributed by atoms with Crippen molar-refractivity contribution in [1.29, 1.82) is 0 Å². The number of hydrogen-bond acceptors (Lipinski definition) is 3. The summed E-state index contributed by atoms with van der Waals surface area (Å²) in [5.41, 5.74) is 0.